The van der Waals surface area contributed by atoms with Crippen LogP contribution in [0.25, 0.3) is 0 Å². The largest absolute Gasteiger partial charge is 0.480 e. The number of carboxylic acid groups (broad SMARTS) is 1. The third kappa shape index (κ3) is 4.47. The molecule has 20 heavy (non-hydrogen) atoms. The lowest BCUT2D eigenvalue weighted by Crippen LogP contribution is -2.41. The summed E-state index contributed by atoms with van der Waals surface area (Å²) in [6, 6.07) is 1.75. The van der Waals surface area contributed by atoms with Crippen LogP contribution in [0.2, 0.25) is 10.0 Å². The molecule has 1 aromatic rings. The molecule has 0 aliphatic carbocycles. The summed E-state index contributed by atoms with van der Waals surface area (Å²) in [7, 11) is 0. The molecular weight excluding hydrogens is 323 g/mol. The first-order chi connectivity index (χ1) is 9.36. The van der Waals surface area contributed by atoms with Crippen molar-refractivity contribution >= 4 is 52.5 Å². The molecule has 110 valence electrons. The lowest BCUT2D eigenvalue weighted by atomic mass is 10.1. The zero-order valence-corrected chi connectivity index (χ0v) is 13.0. The van der Waals surface area contributed by atoms with Crippen molar-refractivity contribution in [3.05, 3.63) is 27.7 Å². The number of anilines is 1. The average Bonchev–Trinajstić information content (AvgIpc) is 2.39. The molecule has 0 heterocycles. The maximum atomic E-state index is 12.0. The van der Waals surface area contributed by atoms with Crippen molar-refractivity contribution < 1.29 is 14.7 Å². The van der Waals surface area contributed by atoms with Crippen LogP contribution in [-0.4, -0.2) is 35.0 Å². The Bertz CT molecular complexity index is 502. The second kappa shape index (κ2) is 7.61. The van der Waals surface area contributed by atoms with Gasteiger partial charge in [0.15, 0.2) is 0 Å². The summed E-state index contributed by atoms with van der Waals surface area (Å²) in [5.74, 6) is -1.01. The van der Waals surface area contributed by atoms with E-state index in [1.165, 1.54) is 23.9 Å². The zero-order chi connectivity index (χ0) is 15.3. The highest BCUT2D eigenvalue weighted by atomic mass is 35.5. The van der Waals surface area contributed by atoms with Gasteiger partial charge < -0.3 is 16.2 Å². The van der Waals surface area contributed by atoms with Gasteiger partial charge in [-0.05, 0) is 30.6 Å². The highest BCUT2D eigenvalue weighted by Crippen LogP contribution is 2.28. The van der Waals surface area contributed by atoms with Crippen LogP contribution >= 0.6 is 35.0 Å². The summed E-state index contributed by atoms with van der Waals surface area (Å²) < 4.78 is 0. The van der Waals surface area contributed by atoms with E-state index in [1.54, 1.807) is 0 Å². The van der Waals surface area contributed by atoms with Gasteiger partial charge >= 0.3 is 5.97 Å². The summed E-state index contributed by atoms with van der Waals surface area (Å²) in [5.41, 5.74) is 5.93. The molecular formula is C12H14Cl2N2O3S. The molecule has 0 radical (unpaired) electrons. The first-order valence-corrected chi connectivity index (χ1v) is 7.79. The van der Waals surface area contributed by atoms with Gasteiger partial charge in [-0.1, -0.05) is 23.2 Å². The number of carbonyl (C=O) groups excluding carboxylic acids is 1. The van der Waals surface area contributed by atoms with Crippen LogP contribution in [0.15, 0.2) is 12.1 Å². The number of nitrogens with one attached hydrogen (secondary N) is 1. The van der Waals surface area contributed by atoms with E-state index in [0.29, 0.717) is 12.2 Å². The molecule has 0 aromatic heterocycles. The van der Waals surface area contributed by atoms with Crippen LogP contribution in [0.3, 0.4) is 0 Å². The molecule has 0 saturated carbocycles. The molecule has 1 amide bonds. The van der Waals surface area contributed by atoms with Crippen LogP contribution in [0, 0.1) is 0 Å². The molecule has 8 heteroatoms. The Morgan fingerprint density at radius 3 is 2.40 bits per heavy atom. The summed E-state index contributed by atoms with van der Waals surface area (Å²) >= 11 is 13.2. The summed E-state index contributed by atoms with van der Waals surface area (Å²) in [6.07, 6.45) is 2.19. The first-order valence-electron chi connectivity index (χ1n) is 5.64. The van der Waals surface area contributed by atoms with E-state index in [4.69, 9.17) is 34.0 Å². The third-order valence-electron chi connectivity index (χ3n) is 2.56. The minimum atomic E-state index is -1.08. The van der Waals surface area contributed by atoms with E-state index in [-0.39, 0.29) is 21.3 Å². The molecule has 0 spiro atoms. The second-order valence-electron chi connectivity index (χ2n) is 4.00. The SMILES string of the molecule is CSCC[C@@H](NC(=O)c1cc(Cl)c(N)c(Cl)c1)C(=O)O. The third-order valence-corrected chi connectivity index (χ3v) is 3.82. The van der Waals surface area contributed by atoms with Gasteiger partial charge in [0.05, 0.1) is 15.7 Å². The van der Waals surface area contributed by atoms with Crippen LogP contribution in [-0.2, 0) is 4.79 Å². The van der Waals surface area contributed by atoms with E-state index < -0.39 is 17.9 Å². The number of halogens is 2. The molecule has 1 rings (SSSR count). The number of carbonyl (C=O) groups is 2. The molecule has 5 nitrogen and oxygen atoms in total. The number of benzene rings is 1. The van der Waals surface area contributed by atoms with Crippen molar-refractivity contribution in [2.24, 2.45) is 0 Å². The fraction of sp³-hybridized carbons (Fsp3) is 0.333. The summed E-state index contributed by atoms with van der Waals surface area (Å²) in [5, 5.41) is 11.8. The van der Waals surface area contributed by atoms with Gasteiger partial charge in [-0.15, -0.1) is 0 Å². The molecule has 4 N–H and O–H groups in total. The Balaban J connectivity index is 2.86. The van der Waals surface area contributed by atoms with Gasteiger partial charge in [0, 0.05) is 5.56 Å². The van der Waals surface area contributed by atoms with Gasteiger partial charge in [0.1, 0.15) is 6.04 Å². The van der Waals surface area contributed by atoms with Crippen molar-refractivity contribution in [1.82, 2.24) is 5.32 Å². The van der Waals surface area contributed by atoms with E-state index in [0.717, 1.165) is 0 Å². The van der Waals surface area contributed by atoms with E-state index in [1.807, 2.05) is 6.26 Å². The Labute approximate surface area is 130 Å². The fourth-order valence-corrected chi connectivity index (χ4v) is 2.41. The topological polar surface area (TPSA) is 92.4 Å². The van der Waals surface area contributed by atoms with Crippen LogP contribution in [0.1, 0.15) is 16.8 Å². The van der Waals surface area contributed by atoms with Crippen molar-refractivity contribution in [2.75, 3.05) is 17.7 Å². The fourth-order valence-electron chi connectivity index (χ4n) is 1.45. The van der Waals surface area contributed by atoms with E-state index in [2.05, 4.69) is 5.32 Å². The smallest absolute Gasteiger partial charge is 0.326 e. The van der Waals surface area contributed by atoms with Crippen LogP contribution < -0.4 is 11.1 Å². The minimum Gasteiger partial charge on any atom is -0.480 e. The normalized spacial score (nSPS) is 11.9. The molecule has 0 unspecified atom stereocenters. The number of hydrogen-bond acceptors (Lipinski definition) is 4. The number of nitrogen functional groups attached to an aromatic ring is 1. The van der Waals surface area contributed by atoms with Crippen molar-refractivity contribution in [3.8, 4) is 0 Å². The van der Waals surface area contributed by atoms with Gasteiger partial charge in [0.2, 0.25) is 0 Å². The number of aliphatic carboxylic acids is 1. The number of hydrogen-bond donors (Lipinski definition) is 3. The van der Waals surface area contributed by atoms with E-state index >= 15 is 0 Å². The molecule has 0 bridgehead atoms. The molecule has 1 atom stereocenters. The maximum absolute atomic E-state index is 12.0. The molecule has 0 fully saturated rings. The highest BCUT2D eigenvalue weighted by molar-refractivity contribution is 7.98. The lowest BCUT2D eigenvalue weighted by molar-refractivity contribution is -0.139. The predicted molar refractivity (Wildman–Crippen MR) is 82.8 cm³/mol. The van der Waals surface area contributed by atoms with Crippen molar-refractivity contribution in [3.63, 3.8) is 0 Å². The standard InChI is InChI=1S/C12H14Cl2N2O3S/c1-20-3-2-9(12(18)19)16-11(17)6-4-7(13)10(15)8(14)5-6/h4-5,9H,2-3,15H2,1H3,(H,16,17)(H,18,19)/t9-/m1/s1. The van der Waals surface area contributed by atoms with Gasteiger partial charge in [-0.25, -0.2) is 4.79 Å². The zero-order valence-electron chi connectivity index (χ0n) is 10.7. The number of carboxylic acids is 1. The van der Waals surface area contributed by atoms with Crippen LogP contribution in [0.5, 0.6) is 0 Å². The van der Waals surface area contributed by atoms with Crippen molar-refractivity contribution in [1.29, 1.82) is 0 Å². The number of thioether (sulfide) groups is 1. The minimum absolute atomic E-state index is 0.152. The monoisotopic (exact) mass is 336 g/mol. The Kier molecular flexibility index (Phi) is 6.45. The quantitative estimate of drug-likeness (QED) is 0.694. The summed E-state index contributed by atoms with van der Waals surface area (Å²) in [6.45, 7) is 0. The number of rotatable bonds is 6. The molecule has 0 saturated heterocycles. The Morgan fingerprint density at radius 1 is 1.40 bits per heavy atom. The molecule has 0 aliphatic rings. The second-order valence-corrected chi connectivity index (χ2v) is 5.80. The van der Waals surface area contributed by atoms with Crippen LogP contribution in [0.4, 0.5) is 5.69 Å². The summed E-state index contributed by atoms with van der Waals surface area (Å²) in [4.78, 5) is 23.1. The highest BCUT2D eigenvalue weighted by Gasteiger charge is 2.21. The van der Waals surface area contributed by atoms with Crippen molar-refractivity contribution in [2.45, 2.75) is 12.5 Å². The maximum Gasteiger partial charge on any atom is 0.326 e. The van der Waals surface area contributed by atoms with Gasteiger partial charge in [-0.2, -0.15) is 11.8 Å². The van der Waals surface area contributed by atoms with Gasteiger partial charge in [-0.3, -0.25) is 4.79 Å². The average molecular weight is 337 g/mol. The number of amides is 1. The van der Waals surface area contributed by atoms with E-state index in [9.17, 15) is 9.59 Å². The Morgan fingerprint density at radius 2 is 1.95 bits per heavy atom. The lowest BCUT2D eigenvalue weighted by Gasteiger charge is -2.14. The molecule has 1 aromatic carbocycles. The first kappa shape index (κ1) is 16.9. The number of nitrogens with two attached hydrogens (primary N) is 1. The predicted octanol–water partition coefficient (Wildman–Crippen LogP) is 2.51. The molecule has 0 aliphatic heterocycles. The Hall–Kier alpha value is -1.11. The van der Waals surface area contributed by atoms with Gasteiger partial charge in [0.25, 0.3) is 5.91 Å².